The first-order valence-corrected chi connectivity index (χ1v) is 5.12. The highest BCUT2D eigenvalue weighted by atomic mass is 16.3. The molecule has 0 aromatic rings. The summed E-state index contributed by atoms with van der Waals surface area (Å²) in [6, 6.07) is 0. The van der Waals surface area contributed by atoms with Gasteiger partial charge >= 0.3 is 0 Å². The Balaban J connectivity index is 2.05. The highest BCUT2D eigenvalue weighted by Crippen LogP contribution is 2.45. The normalized spacial score (nSPS) is 47.5. The van der Waals surface area contributed by atoms with Gasteiger partial charge in [0.15, 0.2) is 0 Å². The van der Waals surface area contributed by atoms with Gasteiger partial charge in [-0.3, -0.25) is 0 Å². The molecular weight excluding hydrogens is 152 g/mol. The van der Waals surface area contributed by atoms with E-state index in [1.54, 1.807) is 0 Å². The minimum absolute atomic E-state index is 0.183. The average molecular weight is 170 g/mol. The molecule has 0 amide bonds. The van der Waals surface area contributed by atoms with Crippen LogP contribution in [0.2, 0.25) is 0 Å². The summed E-state index contributed by atoms with van der Waals surface area (Å²) < 4.78 is 0. The van der Waals surface area contributed by atoms with Crippen molar-refractivity contribution < 1.29 is 10.2 Å². The Morgan fingerprint density at radius 2 is 1.92 bits per heavy atom. The molecule has 2 aliphatic carbocycles. The summed E-state index contributed by atoms with van der Waals surface area (Å²) in [5.74, 6) is 1.53. The fourth-order valence-electron chi connectivity index (χ4n) is 3.12. The number of aliphatic hydroxyl groups is 2. The first-order chi connectivity index (χ1) is 5.83. The van der Waals surface area contributed by atoms with Crippen LogP contribution in [-0.4, -0.2) is 22.9 Å². The van der Waals surface area contributed by atoms with E-state index < -0.39 is 0 Å². The zero-order valence-electron chi connectivity index (χ0n) is 7.45. The lowest BCUT2D eigenvalue weighted by Gasteiger charge is -2.28. The molecule has 2 aliphatic rings. The molecular formula is C10H18O2. The van der Waals surface area contributed by atoms with Gasteiger partial charge in [0.25, 0.3) is 0 Å². The maximum Gasteiger partial charge on any atom is 0.0595 e. The molecule has 2 heteroatoms. The molecule has 0 saturated heterocycles. The number of hydrogen-bond acceptors (Lipinski definition) is 2. The summed E-state index contributed by atoms with van der Waals surface area (Å²) in [4.78, 5) is 0. The van der Waals surface area contributed by atoms with Gasteiger partial charge in [-0.1, -0.05) is 19.3 Å². The largest absolute Gasteiger partial charge is 0.396 e. The summed E-state index contributed by atoms with van der Waals surface area (Å²) in [6.07, 6.45) is 5.85. The van der Waals surface area contributed by atoms with Crippen LogP contribution in [0.15, 0.2) is 0 Å². The molecule has 0 aromatic carbocycles. The lowest BCUT2D eigenvalue weighted by molar-refractivity contribution is 0.0668. The van der Waals surface area contributed by atoms with Crippen molar-refractivity contribution in [3.63, 3.8) is 0 Å². The summed E-state index contributed by atoms with van der Waals surface area (Å²) in [5, 5.41) is 18.8. The second-order valence-corrected chi connectivity index (χ2v) is 4.36. The SMILES string of the molecule is OC[C@@H]1[C@@H]2CCCC[C@@H]2C[C@H]1O. The predicted octanol–water partition coefficient (Wildman–Crippen LogP) is 1.17. The fraction of sp³-hybridized carbons (Fsp3) is 1.00. The topological polar surface area (TPSA) is 40.5 Å². The van der Waals surface area contributed by atoms with Crippen molar-refractivity contribution in [2.75, 3.05) is 6.61 Å². The van der Waals surface area contributed by atoms with Gasteiger partial charge in [0.1, 0.15) is 0 Å². The molecule has 4 atom stereocenters. The van der Waals surface area contributed by atoms with Crippen molar-refractivity contribution in [2.24, 2.45) is 17.8 Å². The third-order valence-electron chi connectivity index (χ3n) is 3.77. The summed E-state index contributed by atoms with van der Waals surface area (Å²) >= 11 is 0. The van der Waals surface area contributed by atoms with Crippen LogP contribution in [0.1, 0.15) is 32.1 Å². The quantitative estimate of drug-likeness (QED) is 0.620. The van der Waals surface area contributed by atoms with Crippen LogP contribution in [0.3, 0.4) is 0 Å². The van der Waals surface area contributed by atoms with Crippen molar-refractivity contribution in [1.82, 2.24) is 0 Å². The van der Waals surface area contributed by atoms with E-state index >= 15 is 0 Å². The zero-order valence-corrected chi connectivity index (χ0v) is 7.45. The molecule has 2 nitrogen and oxygen atoms in total. The molecule has 2 rings (SSSR count). The number of aliphatic hydroxyl groups excluding tert-OH is 2. The van der Waals surface area contributed by atoms with Crippen LogP contribution in [0, 0.1) is 17.8 Å². The van der Waals surface area contributed by atoms with Crippen LogP contribution < -0.4 is 0 Å². The zero-order chi connectivity index (χ0) is 8.55. The molecule has 0 aliphatic heterocycles. The van der Waals surface area contributed by atoms with E-state index in [9.17, 15) is 5.11 Å². The van der Waals surface area contributed by atoms with E-state index in [-0.39, 0.29) is 18.6 Å². The van der Waals surface area contributed by atoms with Gasteiger partial charge in [0.05, 0.1) is 6.10 Å². The molecule has 0 heterocycles. The van der Waals surface area contributed by atoms with Gasteiger partial charge in [0, 0.05) is 12.5 Å². The van der Waals surface area contributed by atoms with Crippen molar-refractivity contribution in [1.29, 1.82) is 0 Å². The molecule has 0 radical (unpaired) electrons. The van der Waals surface area contributed by atoms with E-state index in [1.165, 1.54) is 25.7 Å². The van der Waals surface area contributed by atoms with Crippen LogP contribution in [0.4, 0.5) is 0 Å². The number of rotatable bonds is 1. The van der Waals surface area contributed by atoms with Gasteiger partial charge in [-0.05, 0) is 24.7 Å². The van der Waals surface area contributed by atoms with Crippen LogP contribution in [-0.2, 0) is 0 Å². The standard InChI is InChI=1S/C10H18O2/c11-6-9-8-4-2-1-3-7(8)5-10(9)12/h7-12H,1-6H2/t7-,8-,9-,10-/m1/s1. The number of fused-ring (bicyclic) bond motifs is 1. The Labute approximate surface area is 73.6 Å². The molecule has 0 spiro atoms. The Kier molecular flexibility index (Phi) is 2.37. The van der Waals surface area contributed by atoms with Gasteiger partial charge < -0.3 is 10.2 Å². The average Bonchev–Trinajstić information content (AvgIpc) is 2.40. The maximum absolute atomic E-state index is 9.66. The van der Waals surface area contributed by atoms with Crippen molar-refractivity contribution in [3.05, 3.63) is 0 Å². The Morgan fingerprint density at radius 3 is 2.67 bits per heavy atom. The van der Waals surface area contributed by atoms with E-state index in [2.05, 4.69) is 0 Å². The molecule has 2 N–H and O–H groups in total. The monoisotopic (exact) mass is 170 g/mol. The Hall–Kier alpha value is -0.0800. The Morgan fingerprint density at radius 1 is 1.17 bits per heavy atom. The molecule has 2 saturated carbocycles. The fourth-order valence-corrected chi connectivity index (χ4v) is 3.12. The van der Waals surface area contributed by atoms with Gasteiger partial charge in [-0.2, -0.15) is 0 Å². The third kappa shape index (κ3) is 1.27. The molecule has 0 aromatic heterocycles. The third-order valence-corrected chi connectivity index (χ3v) is 3.77. The van der Waals surface area contributed by atoms with Gasteiger partial charge in [0.2, 0.25) is 0 Å². The highest BCUT2D eigenvalue weighted by Gasteiger charge is 2.42. The van der Waals surface area contributed by atoms with Gasteiger partial charge in [-0.25, -0.2) is 0 Å². The van der Waals surface area contributed by atoms with Crippen LogP contribution in [0.5, 0.6) is 0 Å². The lowest BCUT2D eigenvalue weighted by Crippen LogP contribution is -2.25. The second-order valence-electron chi connectivity index (χ2n) is 4.36. The van der Waals surface area contributed by atoms with E-state index in [4.69, 9.17) is 5.11 Å². The van der Waals surface area contributed by atoms with E-state index in [0.717, 1.165) is 6.42 Å². The molecule has 0 unspecified atom stereocenters. The molecule has 0 bridgehead atoms. The first kappa shape index (κ1) is 8.52. The van der Waals surface area contributed by atoms with Crippen LogP contribution >= 0.6 is 0 Å². The summed E-state index contributed by atoms with van der Waals surface area (Å²) in [7, 11) is 0. The minimum atomic E-state index is -0.219. The smallest absolute Gasteiger partial charge is 0.0595 e. The van der Waals surface area contributed by atoms with E-state index in [1.807, 2.05) is 0 Å². The molecule has 70 valence electrons. The molecule has 12 heavy (non-hydrogen) atoms. The maximum atomic E-state index is 9.66. The lowest BCUT2D eigenvalue weighted by atomic mass is 9.78. The number of hydrogen-bond donors (Lipinski definition) is 2. The van der Waals surface area contributed by atoms with Gasteiger partial charge in [-0.15, -0.1) is 0 Å². The summed E-state index contributed by atoms with van der Waals surface area (Å²) in [5.41, 5.74) is 0. The van der Waals surface area contributed by atoms with Crippen molar-refractivity contribution in [2.45, 2.75) is 38.2 Å². The minimum Gasteiger partial charge on any atom is -0.396 e. The molecule has 2 fully saturated rings. The first-order valence-electron chi connectivity index (χ1n) is 5.12. The second kappa shape index (κ2) is 3.35. The van der Waals surface area contributed by atoms with E-state index in [0.29, 0.717) is 11.8 Å². The van der Waals surface area contributed by atoms with Crippen molar-refractivity contribution in [3.8, 4) is 0 Å². The van der Waals surface area contributed by atoms with Crippen molar-refractivity contribution >= 4 is 0 Å². The predicted molar refractivity (Wildman–Crippen MR) is 46.6 cm³/mol. The van der Waals surface area contributed by atoms with Crippen LogP contribution in [0.25, 0.3) is 0 Å². The highest BCUT2D eigenvalue weighted by molar-refractivity contribution is 4.92. The summed E-state index contributed by atoms with van der Waals surface area (Å²) in [6.45, 7) is 0.183. The Bertz CT molecular complexity index is 158.